The molecular weight excluding hydrogens is 546 g/mol. The van der Waals surface area contributed by atoms with E-state index in [1.807, 2.05) is 19.1 Å². The van der Waals surface area contributed by atoms with Crippen LogP contribution in [0.4, 0.5) is 20.4 Å². The first-order valence-electron chi connectivity index (χ1n) is 13.7. The standard InChI is InChI=1S/C29H32F2N8O3/c1-17-12-23(34-26(13-17)35-25-14-20(27(30)31)10-11-32-25)21-6-9-24(33-15-21)29(3,41)22-7-4-19(5-8-22)28(40)42-16-39-37-18(2)36-38-39/h6,9-15,19,22,27,41H,4-5,7-8,16H2,1-3H3,(H,32,34,35)/t19?,22?,29-/m1/s1. The molecule has 0 unspecified atom stereocenters. The van der Waals surface area contributed by atoms with Gasteiger partial charge in [0.05, 0.1) is 17.3 Å². The summed E-state index contributed by atoms with van der Waals surface area (Å²) in [6, 6.07) is 9.89. The number of anilines is 2. The predicted molar refractivity (Wildman–Crippen MR) is 148 cm³/mol. The zero-order chi connectivity index (χ0) is 29.9. The lowest BCUT2D eigenvalue weighted by atomic mass is 9.73. The van der Waals surface area contributed by atoms with Crippen molar-refractivity contribution in [2.75, 3.05) is 5.32 Å². The molecule has 11 nitrogen and oxygen atoms in total. The number of halogens is 2. The Bertz CT molecular complexity index is 1540. The normalized spacial score (nSPS) is 18.5. The zero-order valence-corrected chi connectivity index (χ0v) is 23.5. The van der Waals surface area contributed by atoms with E-state index in [4.69, 9.17) is 4.74 Å². The lowest BCUT2D eigenvalue weighted by molar-refractivity contribution is -0.156. The van der Waals surface area contributed by atoms with E-state index in [1.165, 1.54) is 23.1 Å². The minimum Gasteiger partial charge on any atom is -0.440 e. The fraction of sp³-hybridized carbons (Fsp3) is 0.414. The van der Waals surface area contributed by atoms with Crippen LogP contribution in [0.5, 0.6) is 0 Å². The quantitative estimate of drug-likeness (QED) is 0.260. The predicted octanol–water partition coefficient (Wildman–Crippen LogP) is 5.04. The van der Waals surface area contributed by atoms with E-state index in [1.54, 1.807) is 32.2 Å². The first kappa shape index (κ1) is 29.1. The molecule has 0 saturated heterocycles. The molecule has 4 aromatic heterocycles. The molecule has 2 N–H and O–H groups in total. The lowest BCUT2D eigenvalue weighted by Crippen LogP contribution is -2.37. The largest absolute Gasteiger partial charge is 0.440 e. The number of ether oxygens (including phenoxy) is 1. The molecule has 0 spiro atoms. The number of alkyl halides is 2. The Labute approximate surface area is 241 Å². The number of rotatable bonds is 9. The van der Waals surface area contributed by atoms with Crippen LogP contribution in [0.2, 0.25) is 0 Å². The monoisotopic (exact) mass is 578 g/mol. The third kappa shape index (κ3) is 6.73. The van der Waals surface area contributed by atoms with Crippen LogP contribution in [0.15, 0.2) is 48.8 Å². The number of nitrogens with one attached hydrogen (secondary N) is 1. The van der Waals surface area contributed by atoms with Gasteiger partial charge in [-0.25, -0.2) is 18.7 Å². The molecule has 220 valence electrons. The molecule has 0 aromatic carbocycles. The van der Waals surface area contributed by atoms with Crippen molar-refractivity contribution >= 4 is 17.6 Å². The van der Waals surface area contributed by atoms with Crippen LogP contribution in [0.1, 0.15) is 61.7 Å². The Morgan fingerprint density at radius 3 is 2.57 bits per heavy atom. The number of pyridine rings is 3. The van der Waals surface area contributed by atoms with Gasteiger partial charge in [0, 0.05) is 23.5 Å². The Balaban J connectivity index is 1.21. The molecule has 42 heavy (non-hydrogen) atoms. The summed E-state index contributed by atoms with van der Waals surface area (Å²) in [7, 11) is 0. The van der Waals surface area contributed by atoms with Gasteiger partial charge in [-0.1, -0.05) is 0 Å². The third-order valence-electron chi connectivity index (χ3n) is 7.57. The average Bonchev–Trinajstić information content (AvgIpc) is 3.40. The number of carbonyl (C=O) groups excluding carboxylic acids is 1. The van der Waals surface area contributed by atoms with Gasteiger partial charge in [-0.2, -0.15) is 0 Å². The van der Waals surface area contributed by atoms with Crippen LogP contribution in [0.25, 0.3) is 11.3 Å². The minimum absolute atomic E-state index is 0.0796. The molecule has 1 fully saturated rings. The molecular formula is C29H32F2N8O3. The summed E-state index contributed by atoms with van der Waals surface area (Å²) in [6.07, 6.45) is 2.87. The van der Waals surface area contributed by atoms with E-state index in [0.717, 1.165) is 11.1 Å². The van der Waals surface area contributed by atoms with Crippen molar-refractivity contribution in [3.8, 4) is 11.3 Å². The molecule has 4 aromatic rings. The smallest absolute Gasteiger partial charge is 0.310 e. The molecule has 1 aliphatic rings. The van der Waals surface area contributed by atoms with Gasteiger partial charge in [-0.3, -0.25) is 9.78 Å². The van der Waals surface area contributed by atoms with Crippen LogP contribution >= 0.6 is 0 Å². The molecule has 13 heteroatoms. The van der Waals surface area contributed by atoms with Gasteiger partial charge in [0.2, 0.25) is 6.73 Å². The molecule has 5 rings (SSSR count). The topological polar surface area (TPSA) is 141 Å². The van der Waals surface area contributed by atoms with E-state index in [0.29, 0.717) is 48.7 Å². The number of aromatic nitrogens is 7. The molecule has 1 aliphatic carbocycles. The van der Waals surface area contributed by atoms with Crippen molar-refractivity contribution in [2.45, 2.75) is 65.2 Å². The van der Waals surface area contributed by atoms with Gasteiger partial charge < -0.3 is 15.2 Å². The van der Waals surface area contributed by atoms with Crippen molar-refractivity contribution in [3.05, 3.63) is 71.4 Å². The minimum atomic E-state index is -2.60. The highest BCUT2D eigenvalue weighted by atomic mass is 19.3. The van der Waals surface area contributed by atoms with Crippen molar-refractivity contribution in [3.63, 3.8) is 0 Å². The van der Waals surface area contributed by atoms with Crippen LogP contribution in [0, 0.1) is 25.7 Å². The second-order valence-corrected chi connectivity index (χ2v) is 10.7. The van der Waals surface area contributed by atoms with E-state index in [9.17, 15) is 18.7 Å². The SMILES string of the molecule is Cc1cc(Nc2cc(C(F)F)ccn2)nc(-c2ccc([C@](C)(O)C3CCC(C(=O)OCn4nnc(C)n4)CC3)nc2)c1. The first-order valence-corrected chi connectivity index (χ1v) is 13.7. The number of hydrogen-bond acceptors (Lipinski definition) is 10. The number of aliphatic hydroxyl groups is 1. The summed E-state index contributed by atoms with van der Waals surface area (Å²) in [5, 5.41) is 26.0. The van der Waals surface area contributed by atoms with E-state index >= 15 is 0 Å². The molecule has 4 heterocycles. The van der Waals surface area contributed by atoms with Gasteiger partial charge in [0.25, 0.3) is 6.43 Å². The lowest BCUT2D eigenvalue weighted by Gasteiger charge is -2.37. The maximum Gasteiger partial charge on any atom is 0.310 e. The molecule has 0 bridgehead atoms. The van der Waals surface area contributed by atoms with Crippen LogP contribution in [0.3, 0.4) is 0 Å². The van der Waals surface area contributed by atoms with Crippen molar-refractivity contribution in [1.29, 1.82) is 0 Å². The summed E-state index contributed by atoms with van der Waals surface area (Å²) < 4.78 is 31.5. The summed E-state index contributed by atoms with van der Waals surface area (Å²) >= 11 is 0. The van der Waals surface area contributed by atoms with Gasteiger partial charge in [-0.05, 0) is 99.5 Å². The Kier molecular flexibility index (Phi) is 8.48. The zero-order valence-electron chi connectivity index (χ0n) is 23.5. The Morgan fingerprint density at radius 1 is 1.12 bits per heavy atom. The highest BCUT2D eigenvalue weighted by molar-refractivity contribution is 5.72. The fourth-order valence-corrected chi connectivity index (χ4v) is 5.22. The molecule has 1 saturated carbocycles. The summed E-state index contributed by atoms with van der Waals surface area (Å²) in [5.74, 6) is 0.599. The number of aryl methyl sites for hydroxylation is 2. The van der Waals surface area contributed by atoms with Crippen molar-refractivity contribution < 1.29 is 23.4 Å². The van der Waals surface area contributed by atoms with Gasteiger partial charge in [-0.15, -0.1) is 15.0 Å². The molecule has 1 atom stereocenters. The van der Waals surface area contributed by atoms with Crippen molar-refractivity contribution in [2.24, 2.45) is 11.8 Å². The highest BCUT2D eigenvalue weighted by Crippen LogP contribution is 2.41. The fourth-order valence-electron chi connectivity index (χ4n) is 5.22. The van der Waals surface area contributed by atoms with Gasteiger partial charge >= 0.3 is 5.97 Å². The Morgan fingerprint density at radius 2 is 1.90 bits per heavy atom. The molecule has 0 aliphatic heterocycles. The van der Waals surface area contributed by atoms with Crippen LogP contribution in [-0.4, -0.2) is 46.2 Å². The third-order valence-corrected chi connectivity index (χ3v) is 7.57. The number of carbonyl (C=O) groups is 1. The van der Waals surface area contributed by atoms with Crippen LogP contribution in [-0.2, 0) is 21.9 Å². The van der Waals surface area contributed by atoms with Crippen LogP contribution < -0.4 is 5.32 Å². The maximum atomic E-state index is 13.1. The van der Waals surface area contributed by atoms with E-state index in [2.05, 4.69) is 35.7 Å². The number of esters is 1. The second-order valence-electron chi connectivity index (χ2n) is 10.7. The number of tetrazole rings is 1. The molecule has 0 radical (unpaired) electrons. The van der Waals surface area contributed by atoms with Gasteiger partial charge in [0.1, 0.15) is 17.2 Å². The highest BCUT2D eigenvalue weighted by Gasteiger charge is 2.39. The molecule has 0 amide bonds. The maximum absolute atomic E-state index is 13.1. The van der Waals surface area contributed by atoms with E-state index < -0.39 is 12.0 Å². The summed E-state index contributed by atoms with van der Waals surface area (Å²) in [6.45, 7) is 5.29. The van der Waals surface area contributed by atoms with E-state index in [-0.39, 0.29) is 35.9 Å². The second kappa shape index (κ2) is 12.2. The van der Waals surface area contributed by atoms with Gasteiger partial charge in [0.15, 0.2) is 5.82 Å². The summed E-state index contributed by atoms with van der Waals surface area (Å²) in [5.41, 5.74) is 1.49. The summed E-state index contributed by atoms with van der Waals surface area (Å²) in [4.78, 5) is 27.1. The van der Waals surface area contributed by atoms with Crippen molar-refractivity contribution in [1.82, 2.24) is 35.2 Å². The number of nitrogens with zero attached hydrogens (tertiary/aromatic N) is 7. The first-order chi connectivity index (χ1) is 20.1. The average molecular weight is 579 g/mol. The number of hydrogen-bond donors (Lipinski definition) is 2. The Hall–Kier alpha value is -4.39.